The van der Waals surface area contributed by atoms with Crippen molar-refractivity contribution < 1.29 is 14.3 Å². The quantitative estimate of drug-likeness (QED) is 0.763. The maximum Gasteiger partial charge on any atom is 0.265 e. The van der Waals surface area contributed by atoms with E-state index in [-0.39, 0.29) is 24.5 Å². The molecule has 0 atom stereocenters. The Labute approximate surface area is 155 Å². The van der Waals surface area contributed by atoms with E-state index in [9.17, 15) is 9.59 Å². The second kappa shape index (κ2) is 9.04. The Balaban J connectivity index is 2.08. The topological polar surface area (TPSA) is 49.9 Å². The number of anilines is 1. The van der Waals surface area contributed by atoms with Crippen LogP contribution in [0, 0.1) is 0 Å². The Kier molecular flexibility index (Phi) is 6.78. The lowest BCUT2D eigenvalue weighted by Crippen LogP contribution is -2.40. The van der Waals surface area contributed by atoms with Crippen molar-refractivity contribution in [2.45, 2.75) is 26.8 Å². The lowest BCUT2D eigenvalue weighted by molar-refractivity contribution is -0.120. The van der Waals surface area contributed by atoms with Crippen LogP contribution in [0.2, 0.25) is 0 Å². The number of ether oxygens (including phenoxy) is 1. The summed E-state index contributed by atoms with van der Waals surface area (Å²) in [6.07, 6.45) is 0. The molecule has 0 spiro atoms. The number of amides is 2. The molecule has 5 heteroatoms. The first kappa shape index (κ1) is 19.5. The number of benzene rings is 2. The van der Waals surface area contributed by atoms with Crippen LogP contribution in [0.15, 0.2) is 54.6 Å². The summed E-state index contributed by atoms with van der Waals surface area (Å²) >= 11 is 0. The summed E-state index contributed by atoms with van der Waals surface area (Å²) in [5, 5.41) is 0. The van der Waals surface area contributed by atoms with Gasteiger partial charge in [-0.1, -0.05) is 24.3 Å². The van der Waals surface area contributed by atoms with Crippen LogP contribution in [0.25, 0.3) is 0 Å². The first-order valence-corrected chi connectivity index (χ1v) is 8.79. The zero-order valence-electron chi connectivity index (χ0n) is 15.8. The molecule has 0 aliphatic heterocycles. The summed E-state index contributed by atoms with van der Waals surface area (Å²) in [7, 11) is 1.75. The first-order chi connectivity index (χ1) is 12.4. The van der Waals surface area contributed by atoms with Gasteiger partial charge in [0.05, 0.1) is 0 Å². The van der Waals surface area contributed by atoms with E-state index in [2.05, 4.69) is 0 Å². The van der Waals surface area contributed by atoms with Gasteiger partial charge in [0.25, 0.3) is 11.8 Å². The van der Waals surface area contributed by atoms with Crippen molar-refractivity contribution in [1.82, 2.24) is 4.90 Å². The second-order valence-electron chi connectivity index (χ2n) is 6.33. The Morgan fingerprint density at radius 1 is 1.04 bits per heavy atom. The van der Waals surface area contributed by atoms with Gasteiger partial charge in [-0.3, -0.25) is 9.59 Å². The molecule has 0 saturated heterocycles. The third-order valence-corrected chi connectivity index (χ3v) is 4.08. The molecule has 0 bridgehead atoms. The molecule has 0 fully saturated rings. The molecule has 26 heavy (non-hydrogen) atoms. The fraction of sp³-hybridized carbons (Fsp3) is 0.333. The number of nitrogens with zero attached hydrogens (tertiary/aromatic N) is 2. The molecule has 0 aromatic heterocycles. The first-order valence-electron chi connectivity index (χ1n) is 8.79. The van der Waals surface area contributed by atoms with Gasteiger partial charge in [0.15, 0.2) is 6.61 Å². The maximum absolute atomic E-state index is 12.7. The highest BCUT2D eigenvalue weighted by atomic mass is 16.5. The smallest absolute Gasteiger partial charge is 0.265 e. The third kappa shape index (κ3) is 4.85. The van der Waals surface area contributed by atoms with Gasteiger partial charge in [0.1, 0.15) is 5.75 Å². The molecule has 0 N–H and O–H groups in total. The summed E-state index contributed by atoms with van der Waals surface area (Å²) in [6.45, 7) is 6.38. The van der Waals surface area contributed by atoms with Crippen LogP contribution < -0.4 is 9.64 Å². The third-order valence-electron chi connectivity index (χ3n) is 4.08. The predicted molar refractivity (Wildman–Crippen MR) is 104 cm³/mol. The van der Waals surface area contributed by atoms with E-state index in [1.807, 2.05) is 51.1 Å². The van der Waals surface area contributed by atoms with Gasteiger partial charge in [-0.05, 0) is 51.1 Å². The van der Waals surface area contributed by atoms with Gasteiger partial charge in [0, 0.05) is 30.9 Å². The van der Waals surface area contributed by atoms with E-state index in [1.165, 1.54) is 0 Å². The Hall–Kier alpha value is -2.82. The number of hydrogen-bond donors (Lipinski definition) is 0. The molecule has 2 aromatic carbocycles. The fourth-order valence-electron chi connectivity index (χ4n) is 2.62. The normalized spacial score (nSPS) is 10.5. The average molecular weight is 354 g/mol. The van der Waals surface area contributed by atoms with Crippen molar-refractivity contribution >= 4 is 17.5 Å². The molecule has 2 amide bonds. The molecule has 138 valence electrons. The monoisotopic (exact) mass is 354 g/mol. The van der Waals surface area contributed by atoms with Crippen LogP contribution in [0.5, 0.6) is 5.75 Å². The number of hydrogen-bond acceptors (Lipinski definition) is 3. The van der Waals surface area contributed by atoms with E-state index in [4.69, 9.17) is 4.74 Å². The Bertz CT molecular complexity index is 744. The van der Waals surface area contributed by atoms with Crippen LogP contribution >= 0.6 is 0 Å². The summed E-state index contributed by atoms with van der Waals surface area (Å²) in [6, 6.07) is 16.5. The van der Waals surface area contributed by atoms with E-state index in [0.717, 1.165) is 5.69 Å². The molecular formula is C21H26N2O3. The highest BCUT2D eigenvalue weighted by Crippen LogP contribution is 2.18. The molecule has 0 radical (unpaired) electrons. The highest BCUT2D eigenvalue weighted by Gasteiger charge is 2.19. The second-order valence-corrected chi connectivity index (χ2v) is 6.33. The zero-order chi connectivity index (χ0) is 19.1. The standard InChI is InChI=1S/C21H26N2O3/c1-5-22(4)21(25)17-10-9-13-19(14-17)26-15-20(24)23(16(2)3)18-11-7-6-8-12-18/h6-14,16H,5,15H2,1-4H3. The van der Waals surface area contributed by atoms with Crippen molar-refractivity contribution in [3.05, 3.63) is 60.2 Å². The van der Waals surface area contributed by atoms with Crippen molar-refractivity contribution in [1.29, 1.82) is 0 Å². The van der Waals surface area contributed by atoms with E-state index in [0.29, 0.717) is 17.9 Å². The molecule has 0 heterocycles. The van der Waals surface area contributed by atoms with Crippen molar-refractivity contribution in [2.24, 2.45) is 0 Å². The van der Waals surface area contributed by atoms with Crippen molar-refractivity contribution in [2.75, 3.05) is 25.1 Å². The summed E-state index contributed by atoms with van der Waals surface area (Å²) in [5.74, 6) is 0.302. The maximum atomic E-state index is 12.7. The van der Waals surface area contributed by atoms with Crippen LogP contribution in [-0.2, 0) is 4.79 Å². The SMILES string of the molecule is CCN(C)C(=O)c1cccc(OCC(=O)N(c2ccccc2)C(C)C)c1. The Morgan fingerprint density at radius 3 is 2.35 bits per heavy atom. The van der Waals surface area contributed by atoms with Crippen molar-refractivity contribution in [3.8, 4) is 5.75 Å². The number of carbonyl (C=O) groups excluding carboxylic acids is 2. The number of rotatable bonds is 7. The van der Waals surface area contributed by atoms with Crippen LogP contribution in [0.1, 0.15) is 31.1 Å². The highest BCUT2D eigenvalue weighted by molar-refractivity contribution is 5.95. The molecule has 2 aromatic rings. The van der Waals surface area contributed by atoms with E-state index in [1.54, 1.807) is 41.1 Å². The molecule has 0 aliphatic carbocycles. The Morgan fingerprint density at radius 2 is 1.73 bits per heavy atom. The predicted octanol–water partition coefficient (Wildman–Crippen LogP) is 3.60. The van der Waals surface area contributed by atoms with Crippen LogP contribution in [0.4, 0.5) is 5.69 Å². The number of para-hydroxylation sites is 1. The van der Waals surface area contributed by atoms with Crippen LogP contribution in [-0.4, -0.2) is 43.0 Å². The lowest BCUT2D eigenvalue weighted by atomic mass is 10.2. The molecule has 2 rings (SSSR count). The largest absolute Gasteiger partial charge is 0.484 e. The molecule has 0 aliphatic rings. The minimum Gasteiger partial charge on any atom is -0.484 e. The average Bonchev–Trinajstić information content (AvgIpc) is 2.66. The number of carbonyl (C=O) groups is 2. The minimum atomic E-state index is -0.131. The van der Waals surface area contributed by atoms with Gasteiger partial charge < -0.3 is 14.5 Å². The van der Waals surface area contributed by atoms with Gasteiger partial charge in [-0.2, -0.15) is 0 Å². The van der Waals surface area contributed by atoms with Crippen LogP contribution in [0.3, 0.4) is 0 Å². The van der Waals surface area contributed by atoms with Gasteiger partial charge >= 0.3 is 0 Å². The fourth-order valence-corrected chi connectivity index (χ4v) is 2.62. The van der Waals surface area contributed by atoms with E-state index < -0.39 is 0 Å². The van der Waals surface area contributed by atoms with Gasteiger partial charge in [-0.15, -0.1) is 0 Å². The van der Waals surface area contributed by atoms with Crippen molar-refractivity contribution in [3.63, 3.8) is 0 Å². The minimum absolute atomic E-state index is 0.0135. The molecule has 5 nitrogen and oxygen atoms in total. The molecular weight excluding hydrogens is 328 g/mol. The van der Waals surface area contributed by atoms with Gasteiger partial charge in [0.2, 0.25) is 0 Å². The molecule has 0 unspecified atom stereocenters. The summed E-state index contributed by atoms with van der Waals surface area (Å²) in [4.78, 5) is 28.2. The summed E-state index contributed by atoms with van der Waals surface area (Å²) < 4.78 is 5.66. The molecule has 0 saturated carbocycles. The lowest BCUT2D eigenvalue weighted by Gasteiger charge is -2.27. The van der Waals surface area contributed by atoms with Gasteiger partial charge in [-0.25, -0.2) is 0 Å². The summed E-state index contributed by atoms with van der Waals surface area (Å²) in [5.41, 5.74) is 1.38. The van der Waals surface area contributed by atoms with E-state index >= 15 is 0 Å². The zero-order valence-corrected chi connectivity index (χ0v) is 15.8.